The van der Waals surface area contributed by atoms with Crippen molar-refractivity contribution in [2.75, 3.05) is 26.7 Å². The Hall–Kier alpha value is 0.440. The number of hydrogen-bond donors (Lipinski definition) is 0. The van der Waals surface area contributed by atoms with E-state index in [-0.39, 0.29) is 17.0 Å². The fraction of sp³-hybridized carbons (Fsp3) is 1.00. The summed E-state index contributed by atoms with van der Waals surface area (Å²) in [7, 11) is 2.41. The van der Waals surface area contributed by atoms with Gasteiger partial charge in [0, 0.05) is 12.8 Å². The zero-order valence-corrected chi connectivity index (χ0v) is 9.52. The number of likely N-dealkylation sites (tertiary alicyclic amines) is 1. The van der Waals surface area contributed by atoms with Gasteiger partial charge in [-0.2, -0.15) is 0 Å². The van der Waals surface area contributed by atoms with Crippen molar-refractivity contribution in [3.63, 3.8) is 0 Å². The number of unbranched alkanes of at least 4 members (excludes halogenated alkanes) is 1. The standard InChI is InChI=1S/C9H20N.BrH/c1-3-4-7-10(2)8-5-6-9-10;/h3-9H2,1-2H3;1H/q+1;. The first-order chi connectivity index (χ1) is 4.77. The van der Waals surface area contributed by atoms with E-state index in [0.29, 0.717) is 0 Å². The maximum atomic E-state index is 2.41. The van der Waals surface area contributed by atoms with Crippen molar-refractivity contribution in [2.45, 2.75) is 32.6 Å². The molecule has 0 bridgehead atoms. The lowest BCUT2D eigenvalue weighted by atomic mass is 10.3. The van der Waals surface area contributed by atoms with Gasteiger partial charge in [-0.1, -0.05) is 13.3 Å². The number of quaternary nitrogens is 1. The minimum Gasteiger partial charge on any atom is -0.326 e. The topological polar surface area (TPSA) is 0 Å². The molecule has 0 saturated carbocycles. The number of halogens is 1. The van der Waals surface area contributed by atoms with Crippen LogP contribution in [-0.4, -0.2) is 31.2 Å². The van der Waals surface area contributed by atoms with E-state index >= 15 is 0 Å². The summed E-state index contributed by atoms with van der Waals surface area (Å²) in [6, 6.07) is 0. The molecular weight excluding hydrogens is 202 g/mol. The third-order valence-electron chi connectivity index (χ3n) is 2.70. The molecule has 0 amide bonds. The van der Waals surface area contributed by atoms with E-state index < -0.39 is 0 Å². The molecule has 1 saturated heterocycles. The number of hydrogen-bond acceptors (Lipinski definition) is 0. The summed E-state index contributed by atoms with van der Waals surface area (Å²) < 4.78 is 1.36. The van der Waals surface area contributed by atoms with Gasteiger partial charge >= 0.3 is 0 Å². The minimum absolute atomic E-state index is 0. The Labute approximate surface area is 81.1 Å². The van der Waals surface area contributed by atoms with Gasteiger partial charge in [-0.15, -0.1) is 17.0 Å². The van der Waals surface area contributed by atoms with Crippen LogP contribution in [0.25, 0.3) is 0 Å². The lowest BCUT2D eigenvalue weighted by Gasteiger charge is -2.28. The smallest absolute Gasteiger partial charge is 0.0786 e. The highest BCUT2D eigenvalue weighted by molar-refractivity contribution is 8.93. The van der Waals surface area contributed by atoms with E-state index in [2.05, 4.69) is 14.0 Å². The van der Waals surface area contributed by atoms with Crippen molar-refractivity contribution in [1.82, 2.24) is 0 Å². The minimum atomic E-state index is 0. The van der Waals surface area contributed by atoms with Crippen LogP contribution in [0.1, 0.15) is 32.6 Å². The maximum absolute atomic E-state index is 2.41. The van der Waals surface area contributed by atoms with E-state index in [1.807, 2.05) is 0 Å². The second-order valence-electron chi connectivity index (χ2n) is 3.85. The molecule has 0 aliphatic carbocycles. The molecule has 0 aromatic carbocycles. The monoisotopic (exact) mass is 222 g/mol. The Morgan fingerprint density at radius 3 is 2.18 bits per heavy atom. The van der Waals surface area contributed by atoms with Gasteiger partial charge in [0.25, 0.3) is 0 Å². The summed E-state index contributed by atoms with van der Waals surface area (Å²) in [6.07, 6.45) is 5.69. The summed E-state index contributed by atoms with van der Waals surface area (Å²) in [4.78, 5) is 0. The maximum Gasteiger partial charge on any atom is 0.0786 e. The SMILES string of the molecule is Br.CCCC[N+]1(C)CCCC1. The fourth-order valence-electron chi connectivity index (χ4n) is 1.86. The first-order valence-electron chi connectivity index (χ1n) is 4.60. The van der Waals surface area contributed by atoms with Crippen LogP contribution < -0.4 is 0 Å². The molecule has 0 atom stereocenters. The van der Waals surface area contributed by atoms with Gasteiger partial charge in [-0.25, -0.2) is 0 Å². The van der Waals surface area contributed by atoms with Crippen LogP contribution in [0.3, 0.4) is 0 Å². The number of nitrogens with zero attached hydrogens (tertiary/aromatic N) is 1. The molecule has 1 aliphatic rings. The van der Waals surface area contributed by atoms with Gasteiger partial charge < -0.3 is 4.48 Å². The predicted molar refractivity (Wildman–Crippen MR) is 55.2 cm³/mol. The summed E-state index contributed by atoms with van der Waals surface area (Å²) >= 11 is 0. The van der Waals surface area contributed by atoms with Crippen molar-refractivity contribution in [3.8, 4) is 0 Å². The molecule has 1 aliphatic heterocycles. The molecule has 0 unspecified atom stereocenters. The van der Waals surface area contributed by atoms with Crippen LogP contribution in [-0.2, 0) is 0 Å². The van der Waals surface area contributed by atoms with E-state index in [1.54, 1.807) is 0 Å². The van der Waals surface area contributed by atoms with Crippen molar-refractivity contribution >= 4 is 17.0 Å². The van der Waals surface area contributed by atoms with Gasteiger partial charge in [0.1, 0.15) is 0 Å². The molecule has 0 aromatic heterocycles. The van der Waals surface area contributed by atoms with Crippen LogP contribution >= 0.6 is 17.0 Å². The Balaban J connectivity index is 0.000001000. The average Bonchev–Trinajstić information content (AvgIpc) is 2.33. The van der Waals surface area contributed by atoms with Crippen molar-refractivity contribution in [1.29, 1.82) is 0 Å². The van der Waals surface area contributed by atoms with Gasteiger partial charge in [-0.3, -0.25) is 0 Å². The molecule has 11 heavy (non-hydrogen) atoms. The molecule has 1 heterocycles. The normalized spacial score (nSPS) is 21.3. The molecule has 1 rings (SSSR count). The summed E-state index contributed by atoms with van der Waals surface area (Å²) in [6.45, 7) is 6.55. The summed E-state index contributed by atoms with van der Waals surface area (Å²) in [5, 5.41) is 0. The second kappa shape index (κ2) is 5.15. The first-order valence-corrected chi connectivity index (χ1v) is 4.60. The Bertz CT molecular complexity index is 97.7. The second-order valence-corrected chi connectivity index (χ2v) is 3.85. The summed E-state index contributed by atoms with van der Waals surface area (Å²) in [5.74, 6) is 0. The van der Waals surface area contributed by atoms with E-state index in [1.165, 1.54) is 49.8 Å². The van der Waals surface area contributed by atoms with Gasteiger partial charge in [-0.05, 0) is 6.42 Å². The highest BCUT2D eigenvalue weighted by Crippen LogP contribution is 2.16. The quantitative estimate of drug-likeness (QED) is 0.645. The molecule has 0 aromatic rings. The zero-order valence-electron chi connectivity index (χ0n) is 7.81. The highest BCUT2D eigenvalue weighted by Gasteiger charge is 2.25. The summed E-state index contributed by atoms with van der Waals surface area (Å²) in [5.41, 5.74) is 0. The fourth-order valence-corrected chi connectivity index (χ4v) is 1.86. The predicted octanol–water partition coefficient (Wildman–Crippen LogP) is 2.60. The highest BCUT2D eigenvalue weighted by atomic mass is 79.9. The molecule has 2 heteroatoms. The Morgan fingerprint density at radius 2 is 1.73 bits per heavy atom. The van der Waals surface area contributed by atoms with Crippen molar-refractivity contribution in [2.24, 2.45) is 0 Å². The third kappa shape index (κ3) is 3.57. The van der Waals surface area contributed by atoms with Crippen LogP contribution in [0.15, 0.2) is 0 Å². The first kappa shape index (κ1) is 11.4. The molecular formula is C9H21BrN+. The van der Waals surface area contributed by atoms with Crippen LogP contribution in [0.5, 0.6) is 0 Å². The largest absolute Gasteiger partial charge is 0.326 e. The van der Waals surface area contributed by atoms with Crippen LogP contribution in [0.2, 0.25) is 0 Å². The van der Waals surface area contributed by atoms with E-state index in [9.17, 15) is 0 Å². The Morgan fingerprint density at radius 1 is 1.18 bits per heavy atom. The molecule has 0 N–H and O–H groups in total. The molecule has 1 fully saturated rings. The van der Waals surface area contributed by atoms with Gasteiger partial charge in [0.2, 0.25) is 0 Å². The van der Waals surface area contributed by atoms with Crippen molar-refractivity contribution < 1.29 is 4.48 Å². The third-order valence-corrected chi connectivity index (χ3v) is 2.70. The van der Waals surface area contributed by atoms with E-state index in [4.69, 9.17) is 0 Å². The molecule has 0 spiro atoms. The van der Waals surface area contributed by atoms with Gasteiger partial charge in [0.05, 0.1) is 26.7 Å². The van der Waals surface area contributed by atoms with E-state index in [0.717, 1.165) is 0 Å². The number of rotatable bonds is 3. The molecule has 1 nitrogen and oxygen atoms in total. The van der Waals surface area contributed by atoms with Crippen LogP contribution in [0.4, 0.5) is 0 Å². The average molecular weight is 223 g/mol. The molecule has 0 radical (unpaired) electrons. The van der Waals surface area contributed by atoms with Crippen molar-refractivity contribution in [3.05, 3.63) is 0 Å². The van der Waals surface area contributed by atoms with Gasteiger partial charge in [0.15, 0.2) is 0 Å². The lowest BCUT2D eigenvalue weighted by Crippen LogP contribution is -2.41. The lowest BCUT2D eigenvalue weighted by molar-refractivity contribution is -0.897. The zero-order chi connectivity index (χ0) is 7.45. The Kier molecular flexibility index (Phi) is 5.36. The van der Waals surface area contributed by atoms with Crippen LogP contribution in [0, 0.1) is 0 Å². The molecule has 68 valence electrons.